The Morgan fingerprint density at radius 3 is 2.09 bits per heavy atom. The van der Waals surface area contributed by atoms with Crippen LogP contribution in [0.3, 0.4) is 0 Å². The number of ketones is 4. The van der Waals surface area contributed by atoms with Gasteiger partial charge in [0.1, 0.15) is 17.3 Å². The quantitative estimate of drug-likeness (QED) is 0.322. The number of carbonyl (C=O) groups is 4. The fraction of sp³-hybridized carbons (Fsp3) is 0.677. The van der Waals surface area contributed by atoms with Crippen LogP contribution in [0.5, 0.6) is 0 Å². The van der Waals surface area contributed by atoms with Gasteiger partial charge in [-0.15, -0.1) is 0 Å². The monoisotopic (exact) mass is 484 g/mol. The summed E-state index contributed by atoms with van der Waals surface area (Å²) in [6.45, 7) is 13.6. The van der Waals surface area contributed by atoms with E-state index in [1.807, 2.05) is 26.0 Å². The molecule has 4 nitrogen and oxygen atoms in total. The van der Waals surface area contributed by atoms with Gasteiger partial charge < -0.3 is 0 Å². The first kappa shape index (κ1) is 30.9. The third-order valence-corrected chi connectivity index (χ3v) is 6.91. The Morgan fingerprint density at radius 2 is 1.63 bits per heavy atom. The van der Waals surface area contributed by atoms with E-state index in [1.54, 1.807) is 6.92 Å². The fourth-order valence-electron chi connectivity index (χ4n) is 5.18. The standard InChI is InChI=1S/C23H32O3.C5H8O.C3H8/c1-5-8-18(20(6-2)21(25)11-16(4)24)12-17-13-19-10-7-9-15(3)23(19)22(26)14-17;1-4(6)5-2-3-5;1-3-2/h7,9-10,17-18,20H,5-6,8,11-14H2,1-4H3;5H,2-3H2,1H3;3H2,1-2H3. The minimum Gasteiger partial charge on any atom is -0.300 e. The Kier molecular flexibility index (Phi) is 14.0. The van der Waals surface area contributed by atoms with Gasteiger partial charge in [-0.2, -0.15) is 0 Å². The fourth-order valence-corrected chi connectivity index (χ4v) is 5.18. The summed E-state index contributed by atoms with van der Waals surface area (Å²) in [5.41, 5.74) is 3.14. The highest BCUT2D eigenvalue weighted by molar-refractivity contribution is 6.00. The zero-order valence-corrected chi connectivity index (χ0v) is 23.2. The van der Waals surface area contributed by atoms with Crippen molar-refractivity contribution in [3.8, 4) is 0 Å². The predicted octanol–water partition coefficient (Wildman–Crippen LogP) is 7.52. The van der Waals surface area contributed by atoms with Crippen LogP contribution in [0.1, 0.15) is 121 Å². The first-order valence-corrected chi connectivity index (χ1v) is 13.7. The van der Waals surface area contributed by atoms with Crippen LogP contribution in [0.4, 0.5) is 0 Å². The maximum absolute atomic E-state index is 12.7. The molecule has 1 aromatic rings. The van der Waals surface area contributed by atoms with E-state index in [1.165, 1.54) is 13.3 Å². The Labute approximate surface area is 213 Å². The van der Waals surface area contributed by atoms with E-state index >= 15 is 0 Å². The molecule has 4 heteroatoms. The number of benzene rings is 1. The lowest BCUT2D eigenvalue weighted by Gasteiger charge is -2.31. The highest BCUT2D eigenvalue weighted by Crippen LogP contribution is 2.36. The summed E-state index contributed by atoms with van der Waals surface area (Å²) in [5.74, 6) is 1.60. The average Bonchev–Trinajstić information content (AvgIpc) is 3.60. The minimum absolute atomic E-state index is 0.0460. The van der Waals surface area contributed by atoms with Gasteiger partial charge in [-0.3, -0.25) is 19.2 Å². The van der Waals surface area contributed by atoms with Crippen molar-refractivity contribution in [3.63, 3.8) is 0 Å². The van der Waals surface area contributed by atoms with Crippen LogP contribution in [0, 0.1) is 30.6 Å². The normalized spacial score (nSPS) is 18.1. The van der Waals surface area contributed by atoms with Crippen molar-refractivity contribution in [2.45, 2.75) is 113 Å². The van der Waals surface area contributed by atoms with Gasteiger partial charge in [0.15, 0.2) is 5.78 Å². The SMILES string of the molecule is CC(=O)C1CC1.CCC.CCCC(CC1CC(=O)c2c(C)cccc2C1)C(CC)C(=O)CC(C)=O. The Bertz CT molecular complexity index is 850. The second-order valence-electron chi connectivity index (χ2n) is 10.5. The molecule has 3 rings (SSSR count). The largest absolute Gasteiger partial charge is 0.300 e. The zero-order valence-electron chi connectivity index (χ0n) is 23.2. The van der Waals surface area contributed by atoms with Gasteiger partial charge in [0, 0.05) is 23.8 Å². The second kappa shape index (κ2) is 15.8. The van der Waals surface area contributed by atoms with E-state index < -0.39 is 0 Å². The van der Waals surface area contributed by atoms with Crippen LogP contribution >= 0.6 is 0 Å². The van der Waals surface area contributed by atoms with Crippen molar-refractivity contribution < 1.29 is 19.2 Å². The number of hydrogen-bond donors (Lipinski definition) is 0. The van der Waals surface area contributed by atoms with Gasteiger partial charge in [0.25, 0.3) is 0 Å². The molecule has 0 heterocycles. The van der Waals surface area contributed by atoms with Crippen molar-refractivity contribution in [2.75, 3.05) is 0 Å². The molecule has 3 unspecified atom stereocenters. The Morgan fingerprint density at radius 1 is 1.00 bits per heavy atom. The van der Waals surface area contributed by atoms with Crippen LogP contribution in [0.25, 0.3) is 0 Å². The molecule has 0 aromatic heterocycles. The van der Waals surface area contributed by atoms with E-state index in [2.05, 4.69) is 26.8 Å². The lowest BCUT2D eigenvalue weighted by molar-refractivity contribution is -0.130. The highest BCUT2D eigenvalue weighted by atomic mass is 16.1. The van der Waals surface area contributed by atoms with Crippen LogP contribution in [-0.4, -0.2) is 23.1 Å². The first-order chi connectivity index (χ1) is 16.6. The molecule has 0 bridgehead atoms. The van der Waals surface area contributed by atoms with E-state index in [0.717, 1.165) is 61.6 Å². The predicted molar refractivity (Wildman–Crippen MR) is 144 cm³/mol. The lowest BCUT2D eigenvalue weighted by atomic mass is 9.72. The van der Waals surface area contributed by atoms with Gasteiger partial charge in [-0.05, 0) is 75.8 Å². The molecular formula is C31H48O4. The van der Waals surface area contributed by atoms with E-state index in [-0.39, 0.29) is 35.6 Å². The molecule has 0 spiro atoms. The Balaban J connectivity index is 0.000000572. The molecule has 1 fully saturated rings. The van der Waals surface area contributed by atoms with Gasteiger partial charge in [0.2, 0.25) is 0 Å². The molecule has 1 saturated carbocycles. The smallest absolute Gasteiger partial charge is 0.163 e. The van der Waals surface area contributed by atoms with Gasteiger partial charge >= 0.3 is 0 Å². The molecule has 0 amide bonds. The average molecular weight is 485 g/mol. The van der Waals surface area contributed by atoms with Crippen LogP contribution in [0.15, 0.2) is 18.2 Å². The van der Waals surface area contributed by atoms with Crippen molar-refractivity contribution in [2.24, 2.45) is 23.7 Å². The van der Waals surface area contributed by atoms with Gasteiger partial charge in [-0.1, -0.05) is 65.2 Å². The number of fused-ring (bicyclic) bond motifs is 1. The highest BCUT2D eigenvalue weighted by Gasteiger charge is 2.32. The third kappa shape index (κ3) is 10.6. The molecule has 3 atom stereocenters. The summed E-state index contributed by atoms with van der Waals surface area (Å²) in [6.07, 6.45) is 8.76. The maximum Gasteiger partial charge on any atom is 0.163 e. The van der Waals surface area contributed by atoms with E-state index in [0.29, 0.717) is 24.0 Å². The molecule has 35 heavy (non-hydrogen) atoms. The lowest BCUT2D eigenvalue weighted by Crippen LogP contribution is -2.29. The molecule has 0 N–H and O–H groups in total. The van der Waals surface area contributed by atoms with E-state index in [4.69, 9.17) is 0 Å². The number of rotatable bonds is 10. The number of aryl methyl sites for hydroxylation is 1. The summed E-state index contributed by atoms with van der Waals surface area (Å²) < 4.78 is 0. The Hall–Kier alpha value is -2.10. The molecule has 0 radical (unpaired) electrons. The van der Waals surface area contributed by atoms with Crippen molar-refractivity contribution in [3.05, 3.63) is 34.9 Å². The summed E-state index contributed by atoms with van der Waals surface area (Å²) in [4.78, 5) is 46.8. The van der Waals surface area contributed by atoms with Crippen LogP contribution in [-0.2, 0) is 20.8 Å². The molecular weight excluding hydrogens is 436 g/mol. The molecule has 0 saturated heterocycles. The summed E-state index contributed by atoms with van der Waals surface area (Å²) in [6, 6.07) is 6.10. The molecule has 2 aliphatic carbocycles. The van der Waals surface area contributed by atoms with Gasteiger partial charge in [0.05, 0.1) is 6.42 Å². The second-order valence-corrected chi connectivity index (χ2v) is 10.5. The van der Waals surface area contributed by atoms with Crippen molar-refractivity contribution in [1.29, 1.82) is 0 Å². The topological polar surface area (TPSA) is 68.3 Å². The van der Waals surface area contributed by atoms with Crippen molar-refractivity contribution in [1.82, 2.24) is 0 Å². The third-order valence-electron chi connectivity index (χ3n) is 6.91. The number of Topliss-reactive ketones (excluding diaryl/α,β-unsaturated/α-hetero) is 4. The molecule has 0 aliphatic heterocycles. The minimum atomic E-state index is -0.0622. The van der Waals surface area contributed by atoms with Crippen LogP contribution < -0.4 is 0 Å². The number of carbonyl (C=O) groups excluding carboxylic acids is 4. The summed E-state index contributed by atoms with van der Waals surface area (Å²) in [7, 11) is 0. The molecule has 1 aromatic carbocycles. The van der Waals surface area contributed by atoms with E-state index in [9.17, 15) is 19.2 Å². The van der Waals surface area contributed by atoms with Crippen LogP contribution in [0.2, 0.25) is 0 Å². The maximum atomic E-state index is 12.7. The summed E-state index contributed by atoms with van der Waals surface area (Å²) in [5, 5.41) is 0. The van der Waals surface area contributed by atoms with Crippen molar-refractivity contribution >= 4 is 23.1 Å². The molecule has 196 valence electrons. The number of hydrogen-bond acceptors (Lipinski definition) is 4. The first-order valence-electron chi connectivity index (χ1n) is 13.7. The summed E-state index contributed by atoms with van der Waals surface area (Å²) >= 11 is 0. The van der Waals surface area contributed by atoms with Gasteiger partial charge in [-0.25, -0.2) is 0 Å². The zero-order chi connectivity index (χ0) is 26.5. The molecule has 2 aliphatic rings.